The van der Waals surface area contributed by atoms with Crippen molar-refractivity contribution in [2.75, 3.05) is 35.5 Å². The van der Waals surface area contributed by atoms with E-state index in [0.717, 1.165) is 5.23 Å². The third kappa shape index (κ3) is 5.97. The Balaban J connectivity index is 1.35. The molecule has 4 aromatic rings. The molecule has 0 aromatic heterocycles. The van der Waals surface area contributed by atoms with Gasteiger partial charge in [0.1, 0.15) is 34.4 Å². The number of benzene rings is 4. The minimum Gasteiger partial charge on any atom is -0.497 e. The maximum absolute atomic E-state index is 13.5. The summed E-state index contributed by atoms with van der Waals surface area (Å²) in [4.78, 5) is 39.2. The number of nitrogens with zero attached hydrogens (tertiary/aromatic N) is 5. The lowest BCUT2D eigenvalue weighted by Crippen LogP contribution is -2.18. The zero-order chi connectivity index (χ0) is 33.8. The zero-order valence-corrected chi connectivity index (χ0v) is 26.6. The Hall–Kier alpha value is -6.34. The fraction of sp³-hybridized carbons (Fsp3) is 0.143. The molecular formula is C35H29N5O8. The van der Waals surface area contributed by atoms with Gasteiger partial charge in [-0.25, -0.2) is 0 Å². The lowest BCUT2D eigenvalue weighted by Gasteiger charge is -2.20. The van der Waals surface area contributed by atoms with Crippen LogP contribution in [0.5, 0.6) is 23.0 Å². The summed E-state index contributed by atoms with van der Waals surface area (Å²) in [6.07, 6.45) is 0. The molecule has 48 heavy (non-hydrogen) atoms. The van der Waals surface area contributed by atoms with Crippen LogP contribution in [0.2, 0.25) is 0 Å². The highest BCUT2D eigenvalue weighted by Gasteiger charge is 2.36. The molecule has 6 rings (SSSR count). The van der Waals surface area contributed by atoms with Gasteiger partial charge in [0.05, 0.1) is 35.5 Å². The monoisotopic (exact) mass is 647 g/mol. The molecule has 4 aromatic carbocycles. The number of ether oxygens (including phenoxy) is 4. The van der Waals surface area contributed by atoms with E-state index in [0.29, 0.717) is 56.6 Å². The fourth-order valence-electron chi connectivity index (χ4n) is 5.06. The second kappa shape index (κ2) is 13.6. The number of allylic oxidation sites excluding steroid dienone is 2. The first kappa shape index (κ1) is 31.6. The number of azo groups is 2. The summed E-state index contributed by atoms with van der Waals surface area (Å²) in [7, 11) is 7.53. The number of hydroxylamine groups is 2. The number of hydrogen-bond donors (Lipinski definition) is 0. The highest BCUT2D eigenvalue weighted by molar-refractivity contribution is 6.20. The summed E-state index contributed by atoms with van der Waals surface area (Å²) in [5, 5.41) is 18.1. The van der Waals surface area contributed by atoms with Gasteiger partial charge < -0.3 is 28.6 Å². The van der Waals surface area contributed by atoms with Crippen LogP contribution in [0, 0.1) is 0 Å². The highest BCUT2D eigenvalue weighted by atomic mass is 16.9. The smallest absolute Gasteiger partial charge is 0.217 e. The van der Waals surface area contributed by atoms with Crippen LogP contribution < -0.4 is 18.9 Å². The molecule has 2 aliphatic carbocycles. The first-order valence-corrected chi connectivity index (χ1v) is 14.5. The number of Topliss-reactive ketones (excluding diaryl/α,β-unsaturated/α-hetero) is 2. The molecule has 0 atom stereocenters. The van der Waals surface area contributed by atoms with Crippen molar-refractivity contribution < 1.29 is 38.2 Å². The topological polar surface area (TPSA) is 142 Å². The fourth-order valence-corrected chi connectivity index (χ4v) is 5.06. The van der Waals surface area contributed by atoms with Crippen molar-refractivity contribution in [3.63, 3.8) is 0 Å². The van der Waals surface area contributed by atoms with E-state index in [-0.39, 0.29) is 22.9 Å². The van der Waals surface area contributed by atoms with Gasteiger partial charge in [-0.3, -0.25) is 9.59 Å². The second-order valence-electron chi connectivity index (χ2n) is 10.2. The maximum Gasteiger partial charge on any atom is 0.217 e. The number of rotatable bonds is 12. The van der Waals surface area contributed by atoms with Gasteiger partial charge in [-0.05, 0) is 24.3 Å². The Bertz CT molecular complexity index is 1910. The Kier molecular flexibility index (Phi) is 8.94. The normalized spacial score (nSPS) is 13.9. The van der Waals surface area contributed by atoms with E-state index in [9.17, 15) is 9.59 Å². The van der Waals surface area contributed by atoms with Crippen LogP contribution in [0.1, 0.15) is 31.8 Å². The van der Waals surface area contributed by atoms with Crippen molar-refractivity contribution in [3.8, 4) is 23.0 Å². The number of carbonyl (C=O) groups is 2. The minimum atomic E-state index is -0.395. The van der Waals surface area contributed by atoms with Crippen molar-refractivity contribution in [3.05, 3.63) is 119 Å². The van der Waals surface area contributed by atoms with Gasteiger partial charge in [-0.2, -0.15) is 0 Å². The third-order valence-corrected chi connectivity index (χ3v) is 7.42. The second-order valence-corrected chi connectivity index (χ2v) is 10.2. The van der Waals surface area contributed by atoms with Gasteiger partial charge in [-0.1, -0.05) is 48.5 Å². The van der Waals surface area contributed by atoms with Gasteiger partial charge in [-0.15, -0.1) is 20.5 Å². The SMILES string of the molecule is COc1ccc(/N=N/C2=C(ON(C)OC3=C(/N=N/c4ccc(OC)cc4OC)C(=O)c4ccccc43)c3ccccc3C2=O)c(OC)c1. The molecular weight excluding hydrogens is 618 g/mol. The predicted octanol–water partition coefficient (Wildman–Crippen LogP) is 7.51. The average molecular weight is 648 g/mol. The summed E-state index contributed by atoms with van der Waals surface area (Å²) in [5.41, 5.74) is 2.33. The van der Waals surface area contributed by atoms with Crippen molar-refractivity contribution >= 4 is 34.5 Å². The lowest BCUT2D eigenvalue weighted by atomic mass is 10.1. The summed E-state index contributed by atoms with van der Waals surface area (Å²) in [6.45, 7) is 0. The summed E-state index contributed by atoms with van der Waals surface area (Å²) < 4.78 is 21.3. The van der Waals surface area contributed by atoms with Crippen molar-refractivity contribution in [2.45, 2.75) is 0 Å². The Morgan fingerprint density at radius 3 is 1.27 bits per heavy atom. The molecule has 2 aliphatic rings. The van der Waals surface area contributed by atoms with Crippen LogP contribution in [0.3, 0.4) is 0 Å². The van der Waals surface area contributed by atoms with E-state index in [2.05, 4.69) is 20.5 Å². The quantitative estimate of drug-likeness (QED) is 0.113. The third-order valence-electron chi connectivity index (χ3n) is 7.42. The molecule has 0 amide bonds. The van der Waals surface area contributed by atoms with Crippen LogP contribution in [0.4, 0.5) is 11.4 Å². The Morgan fingerprint density at radius 1 is 0.500 bits per heavy atom. The van der Waals surface area contributed by atoms with Gasteiger partial charge in [0, 0.05) is 39.6 Å². The first-order valence-electron chi connectivity index (χ1n) is 14.5. The number of methoxy groups -OCH3 is 4. The predicted molar refractivity (Wildman–Crippen MR) is 173 cm³/mol. The van der Waals surface area contributed by atoms with Crippen LogP contribution in [0.25, 0.3) is 11.5 Å². The van der Waals surface area contributed by atoms with E-state index in [1.54, 1.807) is 84.9 Å². The number of carbonyl (C=O) groups excluding carboxylic acids is 2. The molecule has 13 heteroatoms. The lowest BCUT2D eigenvalue weighted by molar-refractivity contribution is -0.276. The standard InChI is InChI=1S/C35H29N5O8/c1-40(47-34-24-12-8-6-10-22(24)32(41)30(34)38-36-26-16-14-20(43-2)18-28(26)45-4)48-35-25-13-9-7-11-23(25)33(42)31(35)39-37-27-17-15-21(44-3)19-29(27)46-5/h6-19H,1-5H3/b38-36+,39-37+. The summed E-state index contributed by atoms with van der Waals surface area (Å²) in [6, 6.07) is 23.8. The van der Waals surface area contributed by atoms with Crippen LogP contribution in [-0.2, 0) is 9.68 Å². The summed E-state index contributed by atoms with van der Waals surface area (Å²) in [5.74, 6) is 1.34. The number of fused-ring (bicyclic) bond motifs is 2. The van der Waals surface area contributed by atoms with E-state index >= 15 is 0 Å². The van der Waals surface area contributed by atoms with Gasteiger partial charge in [0.25, 0.3) is 0 Å². The van der Waals surface area contributed by atoms with E-state index in [1.807, 2.05) is 0 Å². The van der Waals surface area contributed by atoms with E-state index in [4.69, 9.17) is 28.6 Å². The van der Waals surface area contributed by atoms with Crippen molar-refractivity contribution in [1.29, 1.82) is 0 Å². The van der Waals surface area contributed by atoms with Crippen LogP contribution in [-0.4, -0.2) is 52.3 Å². The highest BCUT2D eigenvalue weighted by Crippen LogP contribution is 2.40. The van der Waals surface area contributed by atoms with Crippen molar-refractivity contribution in [2.24, 2.45) is 20.5 Å². The average Bonchev–Trinajstić information content (AvgIpc) is 3.54. The Labute approximate surface area is 275 Å². The molecule has 0 saturated heterocycles. The van der Waals surface area contributed by atoms with Crippen LogP contribution in [0.15, 0.2) is 117 Å². The van der Waals surface area contributed by atoms with Gasteiger partial charge >= 0.3 is 0 Å². The molecule has 0 spiro atoms. The molecule has 0 aliphatic heterocycles. The van der Waals surface area contributed by atoms with Crippen molar-refractivity contribution in [1.82, 2.24) is 5.23 Å². The molecule has 0 radical (unpaired) electrons. The first-order chi connectivity index (χ1) is 23.4. The van der Waals surface area contributed by atoms with Gasteiger partial charge in [0.15, 0.2) is 22.9 Å². The molecule has 0 N–H and O–H groups in total. The van der Waals surface area contributed by atoms with E-state index in [1.165, 1.54) is 35.5 Å². The van der Waals surface area contributed by atoms with E-state index < -0.39 is 11.6 Å². The zero-order valence-electron chi connectivity index (χ0n) is 26.6. The summed E-state index contributed by atoms with van der Waals surface area (Å²) >= 11 is 0. The molecule has 0 unspecified atom stereocenters. The molecule has 0 heterocycles. The maximum atomic E-state index is 13.5. The molecule has 13 nitrogen and oxygen atoms in total. The van der Waals surface area contributed by atoms with Gasteiger partial charge in [0.2, 0.25) is 11.6 Å². The number of ketones is 2. The molecule has 0 fully saturated rings. The molecule has 242 valence electrons. The molecule has 0 bridgehead atoms. The minimum absolute atomic E-state index is 0.0621. The van der Waals surface area contributed by atoms with Crippen LogP contribution >= 0.6 is 0 Å². The largest absolute Gasteiger partial charge is 0.497 e. The number of hydrogen-bond acceptors (Lipinski definition) is 13. The molecule has 0 saturated carbocycles. The Morgan fingerprint density at radius 2 is 0.896 bits per heavy atom.